The van der Waals surface area contributed by atoms with E-state index >= 15 is 0 Å². The van der Waals surface area contributed by atoms with Gasteiger partial charge in [-0.15, -0.1) is 5.43 Å². The summed E-state index contributed by atoms with van der Waals surface area (Å²) >= 11 is 0. The van der Waals surface area contributed by atoms with Crippen molar-refractivity contribution in [3.05, 3.63) is 46.5 Å². The van der Waals surface area contributed by atoms with Crippen LogP contribution in [0.15, 0.2) is 36.4 Å². The van der Waals surface area contributed by atoms with Gasteiger partial charge >= 0.3 is 0 Å². The molecule has 0 amide bonds. The molecule has 0 spiro atoms. The fourth-order valence-electron chi connectivity index (χ4n) is 1.47. The Hall–Kier alpha value is -2.30. The van der Waals surface area contributed by atoms with Gasteiger partial charge in [0.15, 0.2) is 5.03 Å². The molecule has 0 saturated carbocycles. The number of phenols is 1. The molecule has 0 saturated heterocycles. The summed E-state index contributed by atoms with van der Waals surface area (Å²) < 4.78 is 0. The normalized spacial score (nSPS) is 10.1. The Morgan fingerprint density at radius 1 is 1.27 bits per heavy atom. The van der Waals surface area contributed by atoms with Crippen LogP contribution in [-0.2, 0) is 0 Å². The van der Waals surface area contributed by atoms with Gasteiger partial charge in [-0.2, -0.15) is 0 Å². The average Bonchev–Trinajstić information content (AvgIpc) is 2.16. The van der Waals surface area contributed by atoms with Crippen LogP contribution in [0.3, 0.4) is 0 Å². The number of nitrogens with zero attached hydrogens (tertiary/aromatic N) is 1. The first kappa shape index (κ1) is 9.26. The zero-order chi connectivity index (χ0) is 10.8. The van der Waals surface area contributed by atoms with Crippen molar-refractivity contribution < 1.29 is 10.1 Å². The van der Waals surface area contributed by atoms with E-state index in [9.17, 15) is 15.2 Å². The van der Waals surface area contributed by atoms with E-state index in [1.807, 2.05) is 0 Å². The molecule has 15 heavy (non-hydrogen) atoms. The lowest BCUT2D eigenvalue weighted by molar-refractivity contribution is -0.445. The maximum absolute atomic E-state index is 10.3. The largest absolute Gasteiger partial charge is 0.508 e. The van der Waals surface area contributed by atoms with E-state index in [1.165, 1.54) is 6.07 Å². The highest BCUT2D eigenvalue weighted by molar-refractivity contribution is 5.94. The van der Waals surface area contributed by atoms with Gasteiger partial charge in [-0.1, -0.05) is 12.1 Å². The Morgan fingerprint density at radius 2 is 2.07 bits per heavy atom. The number of aromatic hydroxyl groups is 1. The second kappa shape index (κ2) is 3.45. The Balaban J connectivity index is 2.60. The molecule has 0 unspecified atom stereocenters. The zero-order valence-electron chi connectivity index (χ0n) is 7.68. The molecular weight excluding hydrogens is 196 g/mol. The van der Waals surface area contributed by atoms with Gasteiger partial charge in [0.1, 0.15) is 11.4 Å². The Morgan fingerprint density at radius 3 is 2.80 bits per heavy atom. The number of nitrogens with one attached hydrogen (secondary N) is 1. The van der Waals surface area contributed by atoms with E-state index in [2.05, 4.69) is 5.43 Å². The molecule has 0 aliphatic rings. The van der Waals surface area contributed by atoms with E-state index in [0.29, 0.717) is 11.1 Å². The van der Waals surface area contributed by atoms with Gasteiger partial charge in [-0.05, 0) is 29.7 Å². The highest BCUT2D eigenvalue weighted by Gasteiger charge is 2.04. The minimum Gasteiger partial charge on any atom is -0.508 e. The van der Waals surface area contributed by atoms with Crippen molar-refractivity contribution in [1.82, 2.24) is 0 Å². The standard InChI is InChI=1S/C10H8N2O3/c13-8-4-5-9-7(6-8)2-1-3-10(9)11-12(14)15/h1-6,11,13H. The highest BCUT2D eigenvalue weighted by atomic mass is 16.7. The van der Waals surface area contributed by atoms with E-state index < -0.39 is 5.03 Å². The highest BCUT2D eigenvalue weighted by Crippen LogP contribution is 2.26. The van der Waals surface area contributed by atoms with E-state index in [-0.39, 0.29) is 5.75 Å². The third kappa shape index (κ3) is 1.80. The summed E-state index contributed by atoms with van der Waals surface area (Å²) in [6.07, 6.45) is 0. The van der Waals surface area contributed by atoms with Gasteiger partial charge in [0, 0.05) is 5.39 Å². The molecular formula is C10H8N2O3. The molecule has 2 N–H and O–H groups in total. The molecule has 5 nitrogen and oxygen atoms in total. The van der Waals surface area contributed by atoms with Gasteiger partial charge < -0.3 is 5.11 Å². The number of anilines is 1. The van der Waals surface area contributed by atoms with Crippen molar-refractivity contribution in [2.45, 2.75) is 0 Å². The topological polar surface area (TPSA) is 75.4 Å². The summed E-state index contributed by atoms with van der Waals surface area (Å²) in [5.74, 6) is 0.140. The predicted octanol–water partition coefficient (Wildman–Crippen LogP) is 2.15. The smallest absolute Gasteiger partial charge is 0.162 e. The van der Waals surface area contributed by atoms with Crippen LogP contribution >= 0.6 is 0 Å². The monoisotopic (exact) mass is 204 g/mol. The summed E-state index contributed by atoms with van der Waals surface area (Å²) in [5, 5.41) is 20.4. The SMILES string of the molecule is O=[N+]([O-])Nc1cccc2cc(O)ccc12. The fraction of sp³-hybridized carbons (Fsp3) is 0. The van der Waals surface area contributed by atoms with Crippen molar-refractivity contribution in [2.75, 3.05) is 5.43 Å². The molecule has 0 heterocycles. The first-order chi connectivity index (χ1) is 7.16. The van der Waals surface area contributed by atoms with Crippen LogP contribution in [0.5, 0.6) is 5.75 Å². The number of benzene rings is 2. The lowest BCUT2D eigenvalue weighted by atomic mass is 10.1. The first-order valence-electron chi connectivity index (χ1n) is 4.29. The van der Waals surface area contributed by atoms with Crippen LogP contribution in [0.25, 0.3) is 10.8 Å². The number of hydrogen-bond acceptors (Lipinski definition) is 3. The number of phenolic OH excluding ortho intramolecular Hbond substituents is 1. The molecule has 2 rings (SSSR count). The van der Waals surface area contributed by atoms with E-state index in [1.54, 1.807) is 30.3 Å². The van der Waals surface area contributed by atoms with Gasteiger partial charge in [0.25, 0.3) is 0 Å². The third-order valence-electron chi connectivity index (χ3n) is 2.08. The van der Waals surface area contributed by atoms with Crippen molar-refractivity contribution in [1.29, 1.82) is 0 Å². The Kier molecular flexibility index (Phi) is 2.13. The van der Waals surface area contributed by atoms with E-state index in [0.717, 1.165) is 5.39 Å². The van der Waals surface area contributed by atoms with Crippen LogP contribution < -0.4 is 5.43 Å². The van der Waals surface area contributed by atoms with Gasteiger partial charge in [-0.25, -0.2) is 10.1 Å². The summed E-state index contributed by atoms with van der Waals surface area (Å²) in [7, 11) is 0. The van der Waals surface area contributed by atoms with Crippen LogP contribution in [-0.4, -0.2) is 10.1 Å². The molecule has 0 bridgehead atoms. The summed E-state index contributed by atoms with van der Waals surface area (Å²) in [4.78, 5) is 10.3. The molecule has 5 heteroatoms. The first-order valence-corrected chi connectivity index (χ1v) is 4.29. The number of nitro groups is 1. The molecule has 0 aliphatic heterocycles. The molecule has 0 radical (unpaired) electrons. The fourth-order valence-corrected chi connectivity index (χ4v) is 1.47. The minimum absolute atomic E-state index is 0.140. The summed E-state index contributed by atoms with van der Waals surface area (Å²) in [5.41, 5.74) is 2.52. The lowest BCUT2D eigenvalue weighted by Gasteiger charge is -2.03. The van der Waals surface area contributed by atoms with Crippen LogP contribution in [0, 0.1) is 10.1 Å². The molecule has 0 atom stereocenters. The van der Waals surface area contributed by atoms with Gasteiger partial charge in [0.2, 0.25) is 0 Å². The maximum atomic E-state index is 10.3. The number of fused-ring (bicyclic) bond motifs is 1. The molecule has 2 aromatic rings. The number of rotatable bonds is 2. The van der Waals surface area contributed by atoms with Crippen LogP contribution in [0.1, 0.15) is 0 Å². The number of hydrazine groups is 1. The molecule has 0 fully saturated rings. The summed E-state index contributed by atoms with van der Waals surface area (Å²) in [6, 6.07) is 9.76. The Labute approximate surface area is 85.1 Å². The minimum atomic E-state index is -0.609. The third-order valence-corrected chi connectivity index (χ3v) is 2.08. The van der Waals surface area contributed by atoms with Crippen LogP contribution in [0.4, 0.5) is 5.69 Å². The average molecular weight is 204 g/mol. The zero-order valence-corrected chi connectivity index (χ0v) is 7.68. The predicted molar refractivity (Wildman–Crippen MR) is 56.2 cm³/mol. The van der Waals surface area contributed by atoms with Crippen molar-refractivity contribution in [3.63, 3.8) is 0 Å². The Bertz CT molecular complexity index is 525. The molecule has 0 aromatic heterocycles. The molecule has 76 valence electrons. The van der Waals surface area contributed by atoms with Crippen molar-refractivity contribution in [2.24, 2.45) is 0 Å². The van der Waals surface area contributed by atoms with Crippen LogP contribution in [0.2, 0.25) is 0 Å². The second-order valence-electron chi connectivity index (χ2n) is 3.08. The molecule has 0 aliphatic carbocycles. The van der Waals surface area contributed by atoms with Crippen molar-refractivity contribution in [3.8, 4) is 5.75 Å². The van der Waals surface area contributed by atoms with Gasteiger partial charge in [0.05, 0.1) is 0 Å². The maximum Gasteiger partial charge on any atom is 0.162 e. The summed E-state index contributed by atoms with van der Waals surface area (Å²) in [6.45, 7) is 0. The van der Waals surface area contributed by atoms with Crippen molar-refractivity contribution >= 4 is 16.5 Å². The quantitative estimate of drug-likeness (QED) is 0.580. The lowest BCUT2D eigenvalue weighted by Crippen LogP contribution is -2.07. The second-order valence-corrected chi connectivity index (χ2v) is 3.08. The molecule has 2 aromatic carbocycles. The van der Waals surface area contributed by atoms with Gasteiger partial charge in [-0.3, -0.25) is 0 Å². The number of hydrogen-bond donors (Lipinski definition) is 2. The van der Waals surface area contributed by atoms with E-state index in [4.69, 9.17) is 0 Å².